The van der Waals surface area contributed by atoms with Crippen molar-refractivity contribution in [3.8, 4) is 28.1 Å². The van der Waals surface area contributed by atoms with Gasteiger partial charge in [-0.1, -0.05) is 32.0 Å². The topological polar surface area (TPSA) is 164 Å². The van der Waals surface area contributed by atoms with Crippen LogP contribution in [0.25, 0.3) is 44.2 Å². The number of nitrogens with one attached hydrogen (secondary N) is 3. The van der Waals surface area contributed by atoms with Crippen molar-refractivity contribution < 1.29 is 33.3 Å². The number of amides is 3. The summed E-state index contributed by atoms with van der Waals surface area (Å²) in [5.74, 6) is 2.12. The third-order valence-electron chi connectivity index (χ3n) is 11.6. The molecule has 14 heteroatoms. The molecule has 2 aromatic heterocycles. The molecule has 0 unspecified atom stereocenters. The molecule has 0 saturated carbocycles. The molecule has 306 valence electrons. The first kappa shape index (κ1) is 39.2. The lowest BCUT2D eigenvalue weighted by atomic mass is 9.92. The summed E-state index contributed by atoms with van der Waals surface area (Å²) in [5, 5.41) is 4.72. The summed E-state index contributed by atoms with van der Waals surface area (Å²) in [6, 6.07) is 13.5. The second kappa shape index (κ2) is 15.3. The standard InChI is InChI=1S/C44H53N7O7/c1-23(2)37(49-42(53)56-8)41(52)51-24(3)9-14-34(51)40-46-32-13-11-26-17-31-29-12-10-27(16-28(29)22-57-36(31)18-30(26)38(32)48-40)33-19-45-39(47-33)35-15-25(21-55-7)20-50(35)43(54)58-44(4,5)6/h10-13,16-19,23-25,34-35,37H,9,14-15,20-22H2,1-8H3,(H,45,47)(H,46,48)(H,49,53)/t24-,25+,34-,35+,37+/m1/s1. The number of likely N-dealkylation sites (tertiary alicyclic amines) is 2. The molecule has 0 aliphatic carbocycles. The minimum absolute atomic E-state index is 0.0184. The van der Waals surface area contributed by atoms with Gasteiger partial charge in [0.25, 0.3) is 0 Å². The predicted molar refractivity (Wildman–Crippen MR) is 219 cm³/mol. The number of imidazole rings is 2. The van der Waals surface area contributed by atoms with Crippen molar-refractivity contribution in [1.82, 2.24) is 35.1 Å². The van der Waals surface area contributed by atoms with Crippen LogP contribution >= 0.6 is 0 Å². The maximum Gasteiger partial charge on any atom is 0.410 e. The molecule has 5 heterocycles. The van der Waals surface area contributed by atoms with Crippen molar-refractivity contribution >= 4 is 39.9 Å². The van der Waals surface area contributed by atoms with Crippen LogP contribution < -0.4 is 10.1 Å². The molecular weight excluding hydrogens is 739 g/mol. The summed E-state index contributed by atoms with van der Waals surface area (Å²) in [7, 11) is 2.98. The molecule has 0 radical (unpaired) electrons. The fraction of sp³-hybridized carbons (Fsp3) is 0.477. The van der Waals surface area contributed by atoms with Gasteiger partial charge in [0.15, 0.2) is 0 Å². The van der Waals surface area contributed by atoms with Crippen molar-refractivity contribution in [3.63, 3.8) is 0 Å². The van der Waals surface area contributed by atoms with Crippen LogP contribution in [0.3, 0.4) is 0 Å². The number of ether oxygens (including phenoxy) is 4. The molecule has 2 fully saturated rings. The van der Waals surface area contributed by atoms with Gasteiger partial charge in [-0.2, -0.15) is 0 Å². The SMILES string of the molecule is COC[C@H]1C[C@@H](c2ncc(-c3ccc4c(c3)COc3cc5c(ccc6[nH]c([C@H]7CC[C@@H](C)N7C(=O)[C@@H](NC(=O)OC)C(C)C)nc65)cc3-4)[nH]2)N(C(=O)OC(C)(C)C)C1. The number of benzene rings is 3. The summed E-state index contributed by atoms with van der Waals surface area (Å²) in [6.45, 7) is 13.0. The van der Waals surface area contributed by atoms with Crippen molar-refractivity contribution in [2.24, 2.45) is 11.8 Å². The minimum atomic E-state index is -0.719. The Morgan fingerprint density at radius 2 is 1.81 bits per heavy atom. The number of nitrogens with zero attached hydrogens (tertiary/aromatic N) is 4. The zero-order chi connectivity index (χ0) is 41.0. The fourth-order valence-corrected chi connectivity index (χ4v) is 8.83. The van der Waals surface area contributed by atoms with E-state index in [-0.39, 0.29) is 42.0 Å². The smallest absolute Gasteiger partial charge is 0.410 e. The number of carbonyl (C=O) groups excluding carboxylic acids is 3. The number of carbonyl (C=O) groups is 3. The van der Waals surface area contributed by atoms with Crippen LogP contribution in [0.1, 0.15) is 90.1 Å². The van der Waals surface area contributed by atoms with Crippen molar-refractivity contribution in [3.05, 3.63) is 65.9 Å². The van der Waals surface area contributed by atoms with E-state index in [1.54, 1.807) is 12.0 Å². The summed E-state index contributed by atoms with van der Waals surface area (Å²) >= 11 is 0. The third-order valence-corrected chi connectivity index (χ3v) is 11.6. The number of fused-ring (bicyclic) bond motifs is 6. The van der Waals surface area contributed by atoms with E-state index >= 15 is 0 Å². The zero-order valence-electron chi connectivity index (χ0n) is 34.5. The zero-order valence-corrected chi connectivity index (χ0v) is 34.5. The number of aromatic nitrogens is 4. The Hall–Kier alpha value is -5.63. The van der Waals surface area contributed by atoms with E-state index in [1.807, 2.05) is 58.7 Å². The van der Waals surface area contributed by atoms with Crippen LogP contribution in [0.15, 0.2) is 48.7 Å². The maximum absolute atomic E-state index is 14.0. The molecule has 3 aliphatic heterocycles. The average molecular weight is 792 g/mol. The highest BCUT2D eigenvalue weighted by Crippen LogP contribution is 2.44. The van der Waals surface area contributed by atoms with E-state index < -0.39 is 17.7 Å². The Bertz CT molecular complexity index is 2380. The summed E-state index contributed by atoms with van der Waals surface area (Å²) < 4.78 is 22.4. The first-order valence-corrected chi connectivity index (χ1v) is 20.2. The molecule has 2 saturated heterocycles. The van der Waals surface area contributed by atoms with Gasteiger partial charge in [-0.05, 0) is 99.2 Å². The Labute approximate surface area is 338 Å². The van der Waals surface area contributed by atoms with Crippen molar-refractivity contribution in [2.45, 2.75) is 97.2 Å². The van der Waals surface area contributed by atoms with Gasteiger partial charge >= 0.3 is 12.2 Å². The summed E-state index contributed by atoms with van der Waals surface area (Å²) in [5.41, 5.74) is 6.07. The van der Waals surface area contributed by atoms with Gasteiger partial charge < -0.3 is 39.1 Å². The summed E-state index contributed by atoms with van der Waals surface area (Å²) in [6.07, 6.45) is 3.14. The van der Waals surface area contributed by atoms with E-state index in [2.05, 4.69) is 51.7 Å². The first-order chi connectivity index (χ1) is 27.7. The lowest BCUT2D eigenvalue weighted by molar-refractivity contribution is -0.137. The van der Waals surface area contributed by atoms with Crippen molar-refractivity contribution in [1.29, 1.82) is 0 Å². The molecule has 58 heavy (non-hydrogen) atoms. The Kier molecular flexibility index (Phi) is 10.3. The van der Waals surface area contributed by atoms with Gasteiger partial charge in [0.05, 0.1) is 48.7 Å². The molecule has 5 atom stereocenters. The maximum atomic E-state index is 14.0. The Balaban J connectivity index is 1.06. The number of rotatable bonds is 8. The quantitative estimate of drug-likeness (QED) is 0.141. The molecule has 5 aromatic rings. The number of aromatic amines is 2. The van der Waals surface area contributed by atoms with Crippen molar-refractivity contribution in [2.75, 3.05) is 27.4 Å². The van der Waals surface area contributed by atoms with Gasteiger partial charge in [0.2, 0.25) is 5.91 Å². The highest BCUT2D eigenvalue weighted by Gasteiger charge is 2.42. The lowest BCUT2D eigenvalue weighted by Crippen LogP contribution is -2.52. The second-order valence-electron chi connectivity index (χ2n) is 17.2. The largest absolute Gasteiger partial charge is 0.488 e. The van der Waals surface area contributed by atoms with Crippen LogP contribution in [-0.4, -0.2) is 92.9 Å². The normalized spacial score (nSPS) is 20.9. The van der Waals surface area contributed by atoms with Crippen LogP contribution in [0.4, 0.5) is 9.59 Å². The minimum Gasteiger partial charge on any atom is -0.488 e. The molecule has 3 N–H and O–H groups in total. The molecule has 3 aliphatic rings. The number of H-pyrrole nitrogens is 2. The first-order valence-electron chi connectivity index (χ1n) is 20.2. The van der Waals surface area contributed by atoms with E-state index in [4.69, 9.17) is 28.9 Å². The highest BCUT2D eigenvalue weighted by molar-refractivity contribution is 6.07. The number of hydrogen-bond acceptors (Lipinski definition) is 9. The molecule has 0 bridgehead atoms. The van der Waals surface area contributed by atoms with Gasteiger partial charge in [-0.25, -0.2) is 19.6 Å². The van der Waals surface area contributed by atoms with Crippen LogP contribution in [0.5, 0.6) is 5.75 Å². The predicted octanol–water partition coefficient (Wildman–Crippen LogP) is 8.04. The number of hydrogen-bond donors (Lipinski definition) is 3. The molecule has 3 amide bonds. The van der Waals surface area contributed by atoms with Gasteiger partial charge in [-0.15, -0.1) is 0 Å². The van der Waals surface area contributed by atoms with Gasteiger partial charge in [-0.3, -0.25) is 9.69 Å². The van der Waals surface area contributed by atoms with Crippen LogP contribution in [0, 0.1) is 11.8 Å². The number of methoxy groups -OCH3 is 2. The molecule has 8 rings (SSSR count). The van der Waals surface area contributed by atoms with Gasteiger partial charge in [0, 0.05) is 36.6 Å². The van der Waals surface area contributed by atoms with E-state index in [9.17, 15) is 14.4 Å². The number of alkyl carbamates (subject to hydrolysis) is 1. The molecule has 0 spiro atoms. The summed E-state index contributed by atoms with van der Waals surface area (Å²) in [4.78, 5) is 59.8. The van der Waals surface area contributed by atoms with Crippen LogP contribution in [-0.2, 0) is 25.6 Å². The Morgan fingerprint density at radius 1 is 1.00 bits per heavy atom. The highest BCUT2D eigenvalue weighted by atomic mass is 16.6. The molecular formula is C44H53N7O7. The van der Waals surface area contributed by atoms with E-state index in [0.29, 0.717) is 19.8 Å². The van der Waals surface area contributed by atoms with Crippen LogP contribution in [0.2, 0.25) is 0 Å². The molecule has 3 aromatic carbocycles. The molecule has 14 nitrogen and oxygen atoms in total. The fourth-order valence-electron chi connectivity index (χ4n) is 8.83. The second-order valence-corrected chi connectivity index (χ2v) is 17.2. The average Bonchev–Trinajstić information content (AvgIpc) is 4.00. The lowest BCUT2D eigenvalue weighted by Gasteiger charge is -2.32. The van der Waals surface area contributed by atoms with E-state index in [0.717, 1.165) is 86.4 Å². The van der Waals surface area contributed by atoms with E-state index in [1.165, 1.54) is 7.11 Å². The third kappa shape index (κ3) is 7.34. The van der Waals surface area contributed by atoms with Gasteiger partial charge in [0.1, 0.15) is 35.6 Å². The monoisotopic (exact) mass is 791 g/mol. The Morgan fingerprint density at radius 3 is 2.55 bits per heavy atom.